The number of hydrogen-bond acceptors (Lipinski definition) is 7. The zero-order valence-electron chi connectivity index (χ0n) is 21.4. The standard InChI is InChI=1S/C25H36N6O4S/c1-17(2)28-23(27-16-26)21-14-30-11-12-35-22-6-5-19(13-20(22)24(30)29-21)36(33,34)18-7-9-31(10-8-18)25(3,4)15-32/h5-6,13-14,16-18,32H,7-12,15H2,1-4H3,(H2,26,27,28). The summed E-state index contributed by atoms with van der Waals surface area (Å²) in [7, 11) is -3.57. The number of ether oxygens (including phenoxy) is 1. The summed E-state index contributed by atoms with van der Waals surface area (Å²) >= 11 is 0. The number of imidazole rings is 1. The summed E-state index contributed by atoms with van der Waals surface area (Å²) in [5.74, 6) is 1.69. The van der Waals surface area contributed by atoms with Crippen LogP contribution in [0.3, 0.4) is 0 Å². The molecule has 10 nitrogen and oxygen atoms in total. The molecule has 4 rings (SSSR count). The SMILES string of the molecule is CC(C)N/C(=N\C=N)c1cn2c(n1)-c1cc(S(=O)(=O)C3CCN(C(C)(C)CO)CC3)ccc1OCC2. The van der Waals surface area contributed by atoms with Crippen LogP contribution in [0.15, 0.2) is 34.3 Å². The normalized spacial score (nSPS) is 17.8. The molecule has 1 fully saturated rings. The lowest BCUT2D eigenvalue weighted by Gasteiger charge is -2.41. The molecule has 0 amide bonds. The van der Waals surface area contributed by atoms with Gasteiger partial charge in [-0.1, -0.05) is 0 Å². The number of benzene rings is 1. The Morgan fingerprint density at radius 2 is 2.06 bits per heavy atom. The molecule has 0 bridgehead atoms. The number of aliphatic imine (C=N–C) groups is 1. The van der Waals surface area contributed by atoms with E-state index in [4.69, 9.17) is 15.1 Å². The monoisotopic (exact) mass is 516 g/mol. The Hall–Kier alpha value is -2.76. The third-order valence-corrected chi connectivity index (χ3v) is 9.13. The maximum absolute atomic E-state index is 13.6. The molecular weight excluding hydrogens is 480 g/mol. The van der Waals surface area contributed by atoms with E-state index in [-0.39, 0.29) is 23.1 Å². The van der Waals surface area contributed by atoms with Gasteiger partial charge in [-0.25, -0.2) is 18.4 Å². The fourth-order valence-corrected chi connectivity index (χ4v) is 6.49. The number of sulfone groups is 1. The minimum Gasteiger partial charge on any atom is -0.491 e. The fourth-order valence-electron chi connectivity index (χ4n) is 4.74. The maximum atomic E-state index is 13.6. The first-order valence-corrected chi connectivity index (χ1v) is 13.9. The summed E-state index contributed by atoms with van der Waals surface area (Å²) in [6.45, 7) is 10.2. The van der Waals surface area contributed by atoms with Crippen molar-refractivity contribution < 1.29 is 18.3 Å². The van der Waals surface area contributed by atoms with Crippen LogP contribution in [0.1, 0.15) is 46.2 Å². The summed E-state index contributed by atoms with van der Waals surface area (Å²) < 4.78 is 35.1. The van der Waals surface area contributed by atoms with Crippen LogP contribution >= 0.6 is 0 Å². The molecule has 1 saturated heterocycles. The van der Waals surface area contributed by atoms with Crippen LogP contribution < -0.4 is 10.1 Å². The summed E-state index contributed by atoms with van der Waals surface area (Å²) in [5, 5.41) is 19.8. The zero-order valence-corrected chi connectivity index (χ0v) is 22.2. The lowest BCUT2D eigenvalue weighted by atomic mass is 9.99. The van der Waals surface area contributed by atoms with Gasteiger partial charge in [0, 0.05) is 30.9 Å². The first-order chi connectivity index (χ1) is 17.1. The molecule has 0 spiro atoms. The van der Waals surface area contributed by atoms with Crippen LogP contribution in [0.25, 0.3) is 11.4 Å². The predicted molar refractivity (Wildman–Crippen MR) is 140 cm³/mol. The van der Waals surface area contributed by atoms with Gasteiger partial charge in [-0.05, 0) is 58.7 Å². The Kier molecular flexibility index (Phi) is 7.53. The average molecular weight is 517 g/mol. The van der Waals surface area contributed by atoms with Crippen molar-refractivity contribution in [1.82, 2.24) is 19.8 Å². The topological polar surface area (TPSA) is 133 Å². The first kappa shape index (κ1) is 26.3. The number of hydrogen-bond donors (Lipinski definition) is 3. The second-order valence-electron chi connectivity index (χ2n) is 10.3. The molecule has 11 heteroatoms. The van der Waals surface area contributed by atoms with Crippen LogP contribution in [0, 0.1) is 5.41 Å². The van der Waals surface area contributed by atoms with Crippen molar-refractivity contribution in [2.75, 3.05) is 26.3 Å². The van der Waals surface area contributed by atoms with Gasteiger partial charge in [0.05, 0.1) is 28.9 Å². The van der Waals surface area contributed by atoms with Gasteiger partial charge in [0.2, 0.25) is 0 Å². The molecule has 1 aromatic heterocycles. The van der Waals surface area contributed by atoms with Crippen LogP contribution in [-0.4, -0.2) is 83.3 Å². The highest BCUT2D eigenvalue weighted by Gasteiger charge is 2.36. The molecule has 0 atom stereocenters. The number of aliphatic hydroxyl groups excluding tert-OH is 1. The summed E-state index contributed by atoms with van der Waals surface area (Å²) in [6.07, 6.45) is 3.86. The van der Waals surface area contributed by atoms with Crippen LogP contribution in [0.2, 0.25) is 0 Å². The molecule has 0 unspecified atom stereocenters. The van der Waals surface area contributed by atoms with E-state index in [0.717, 1.165) is 6.34 Å². The zero-order chi connectivity index (χ0) is 26.1. The van der Waals surface area contributed by atoms with Gasteiger partial charge in [-0.15, -0.1) is 0 Å². The number of amidine groups is 1. The third-order valence-electron chi connectivity index (χ3n) is 6.87. The Labute approximate surface area is 212 Å². The van der Waals surface area contributed by atoms with Crippen LogP contribution in [0.4, 0.5) is 0 Å². The Bertz CT molecular complexity index is 1240. The van der Waals surface area contributed by atoms with Crippen molar-refractivity contribution in [2.24, 2.45) is 4.99 Å². The first-order valence-electron chi connectivity index (χ1n) is 12.3. The van der Waals surface area contributed by atoms with E-state index in [1.165, 1.54) is 0 Å². The van der Waals surface area contributed by atoms with Crippen molar-refractivity contribution in [3.05, 3.63) is 30.1 Å². The number of rotatable bonds is 7. The van der Waals surface area contributed by atoms with E-state index in [1.807, 2.05) is 38.5 Å². The molecule has 1 aromatic carbocycles. The molecule has 0 radical (unpaired) electrons. The van der Waals surface area contributed by atoms with Crippen molar-refractivity contribution >= 4 is 22.0 Å². The molecule has 3 heterocycles. The Balaban J connectivity index is 1.66. The molecule has 3 N–H and O–H groups in total. The van der Waals surface area contributed by atoms with E-state index in [9.17, 15) is 13.5 Å². The lowest BCUT2D eigenvalue weighted by Crippen LogP contribution is -2.52. The number of likely N-dealkylation sites (tertiary alicyclic amines) is 1. The van der Waals surface area contributed by atoms with E-state index in [1.54, 1.807) is 18.2 Å². The molecule has 2 aromatic rings. The highest BCUT2D eigenvalue weighted by atomic mass is 32.2. The van der Waals surface area contributed by atoms with Gasteiger partial charge in [-0.2, -0.15) is 0 Å². The molecule has 196 valence electrons. The maximum Gasteiger partial charge on any atom is 0.181 e. The number of aromatic nitrogens is 2. The third kappa shape index (κ3) is 5.18. The van der Waals surface area contributed by atoms with E-state index in [0.29, 0.717) is 67.7 Å². The number of aliphatic hydroxyl groups is 1. The molecule has 2 aliphatic heterocycles. The second kappa shape index (κ2) is 10.3. The Morgan fingerprint density at radius 3 is 2.69 bits per heavy atom. The molecule has 0 aliphatic carbocycles. The van der Waals surface area contributed by atoms with Gasteiger partial charge >= 0.3 is 0 Å². The highest BCUT2D eigenvalue weighted by molar-refractivity contribution is 7.92. The highest BCUT2D eigenvalue weighted by Crippen LogP contribution is 2.36. The second-order valence-corrected chi connectivity index (χ2v) is 12.5. The number of piperidine rings is 1. The Morgan fingerprint density at radius 1 is 1.33 bits per heavy atom. The summed E-state index contributed by atoms with van der Waals surface area (Å²) in [6, 6.07) is 5.12. The van der Waals surface area contributed by atoms with E-state index < -0.39 is 15.1 Å². The van der Waals surface area contributed by atoms with Crippen molar-refractivity contribution in [3.63, 3.8) is 0 Å². The van der Waals surface area contributed by atoms with Crippen molar-refractivity contribution in [1.29, 1.82) is 5.41 Å². The summed E-state index contributed by atoms with van der Waals surface area (Å²) in [4.78, 5) is 11.3. The average Bonchev–Trinajstić information content (AvgIpc) is 3.20. The van der Waals surface area contributed by atoms with E-state index in [2.05, 4.69) is 15.2 Å². The van der Waals surface area contributed by atoms with Gasteiger partial charge < -0.3 is 19.7 Å². The van der Waals surface area contributed by atoms with Gasteiger partial charge in [-0.3, -0.25) is 10.3 Å². The summed E-state index contributed by atoms with van der Waals surface area (Å²) in [5.41, 5.74) is 0.842. The van der Waals surface area contributed by atoms with Gasteiger partial charge in [0.15, 0.2) is 15.7 Å². The van der Waals surface area contributed by atoms with Crippen molar-refractivity contribution in [3.8, 4) is 17.1 Å². The molecular formula is C25H36N6O4S. The molecule has 0 saturated carbocycles. The lowest BCUT2D eigenvalue weighted by molar-refractivity contribution is 0.0431. The van der Waals surface area contributed by atoms with Crippen molar-refractivity contribution in [2.45, 2.75) is 68.8 Å². The van der Waals surface area contributed by atoms with Crippen LogP contribution in [0.5, 0.6) is 5.75 Å². The largest absolute Gasteiger partial charge is 0.491 e. The smallest absolute Gasteiger partial charge is 0.181 e. The van der Waals surface area contributed by atoms with Gasteiger partial charge in [0.1, 0.15) is 30.2 Å². The quantitative estimate of drug-likeness (QED) is 0.380. The minimum absolute atomic E-state index is 0.0306. The van der Waals surface area contributed by atoms with Crippen LogP contribution in [-0.2, 0) is 16.4 Å². The molecule has 36 heavy (non-hydrogen) atoms. The van der Waals surface area contributed by atoms with Gasteiger partial charge in [0.25, 0.3) is 0 Å². The number of fused-ring (bicyclic) bond motifs is 3. The number of nitrogens with zero attached hydrogens (tertiary/aromatic N) is 4. The van der Waals surface area contributed by atoms with E-state index >= 15 is 0 Å². The minimum atomic E-state index is -3.57. The fraction of sp³-hybridized carbons (Fsp3) is 0.560. The molecule has 2 aliphatic rings. The number of nitrogens with one attached hydrogen (secondary N) is 2. The predicted octanol–water partition coefficient (Wildman–Crippen LogP) is 2.30.